The van der Waals surface area contributed by atoms with Gasteiger partial charge in [0.15, 0.2) is 11.9 Å². The van der Waals surface area contributed by atoms with Gasteiger partial charge >= 0.3 is 5.97 Å². The minimum Gasteiger partial charge on any atom is -0.499 e. The Labute approximate surface area is 224 Å². The van der Waals surface area contributed by atoms with Gasteiger partial charge in [-0.3, -0.25) is 0 Å². The van der Waals surface area contributed by atoms with Crippen molar-refractivity contribution in [3.63, 3.8) is 0 Å². The lowest BCUT2D eigenvalue weighted by Crippen LogP contribution is -2.33. The first kappa shape index (κ1) is 33.7. The Morgan fingerprint density at radius 2 is 1.22 bits per heavy atom. The average molecular weight is 531 g/mol. The lowest BCUT2D eigenvalue weighted by molar-refractivity contribution is -0.148. The maximum atomic E-state index is 11.4. The third-order valence-electron chi connectivity index (χ3n) is 6.84. The Balaban J connectivity index is 1.86. The highest BCUT2D eigenvalue weighted by Crippen LogP contribution is 2.25. The summed E-state index contributed by atoms with van der Waals surface area (Å²) >= 11 is 0. The molecule has 1 unspecified atom stereocenters. The molecule has 8 nitrogen and oxygen atoms in total. The van der Waals surface area contributed by atoms with E-state index < -0.39 is 36.6 Å². The van der Waals surface area contributed by atoms with Crippen molar-refractivity contribution in [3.05, 3.63) is 11.5 Å². The Morgan fingerprint density at radius 3 is 1.68 bits per heavy atom. The fourth-order valence-electron chi connectivity index (χ4n) is 4.52. The van der Waals surface area contributed by atoms with Crippen LogP contribution in [0.1, 0.15) is 122 Å². The third kappa shape index (κ3) is 16.3. The minimum atomic E-state index is -1.42. The molecule has 0 aliphatic carbocycles. The fraction of sp³-hybridized carbons (Fsp3) is 0.897. The molecular weight excluding hydrogens is 476 g/mol. The van der Waals surface area contributed by atoms with Crippen molar-refractivity contribution in [2.45, 2.75) is 141 Å². The highest BCUT2D eigenvalue weighted by atomic mass is 16.6. The van der Waals surface area contributed by atoms with Crippen LogP contribution in [-0.4, -0.2) is 71.1 Å². The second kappa shape index (κ2) is 22.6. The molecule has 4 N–H and O–H groups in total. The van der Waals surface area contributed by atoms with Crippen molar-refractivity contribution in [1.29, 1.82) is 0 Å². The van der Waals surface area contributed by atoms with E-state index >= 15 is 0 Å². The number of rotatable bonds is 26. The van der Waals surface area contributed by atoms with Crippen LogP contribution in [0.5, 0.6) is 0 Å². The molecule has 0 saturated carbocycles. The first-order valence-corrected chi connectivity index (χ1v) is 14.8. The summed E-state index contributed by atoms with van der Waals surface area (Å²) in [6.07, 6.45) is 20.2. The summed E-state index contributed by atoms with van der Waals surface area (Å²) in [5.41, 5.74) is 0. The third-order valence-corrected chi connectivity index (χ3v) is 6.84. The number of cyclic esters (lactones) is 1. The predicted octanol–water partition coefficient (Wildman–Crippen LogP) is 5.47. The zero-order valence-electron chi connectivity index (χ0n) is 23.2. The molecule has 8 heteroatoms. The van der Waals surface area contributed by atoms with Gasteiger partial charge in [-0.05, 0) is 6.42 Å². The highest BCUT2D eigenvalue weighted by Gasteiger charge is 2.40. The molecule has 3 atom stereocenters. The van der Waals surface area contributed by atoms with Gasteiger partial charge in [-0.1, -0.05) is 116 Å². The van der Waals surface area contributed by atoms with Gasteiger partial charge in [0.2, 0.25) is 5.76 Å². The maximum Gasteiger partial charge on any atom is 0.378 e. The van der Waals surface area contributed by atoms with Crippen LogP contribution >= 0.6 is 0 Å². The molecule has 0 bridgehead atoms. The van der Waals surface area contributed by atoms with Crippen molar-refractivity contribution in [2.75, 3.05) is 26.4 Å². The van der Waals surface area contributed by atoms with E-state index in [1.165, 1.54) is 103 Å². The predicted molar refractivity (Wildman–Crippen MR) is 144 cm³/mol. The van der Waals surface area contributed by atoms with Gasteiger partial charge in [0.05, 0.1) is 13.2 Å². The number of carbonyl (C=O) groups excluding carboxylic acids is 1. The molecule has 0 fully saturated rings. The standard InChI is InChI=1S/C29H54O8/c1-2-3-4-5-6-7-8-9-10-11-12-13-14-15-16-17-18-19-20-35-22-24(31)23-36-28-26(33)29(34)37-27(28)25(32)21-30/h24-25,27,30-33H,2-23H2,1H3/t24?,25-,27+/m0/s1. The Kier molecular flexibility index (Phi) is 20.6. The van der Waals surface area contributed by atoms with Gasteiger partial charge in [0, 0.05) is 6.61 Å². The molecule has 1 aliphatic rings. The summed E-state index contributed by atoms with van der Waals surface area (Å²) < 4.78 is 15.5. The van der Waals surface area contributed by atoms with E-state index in [1.807, 2.05) is 0 Å². The Bertz CT molecular complexity index is 594. The lowest BCUT2D eigenvalue weighted by Gasteiger charge is -2.19. The smallest absolute Gasteiger partial charge is 0.378 e. The number of unbranched alkanes of at least 4 members (excludes halogenated alkanes) is 17. The van der Waals surface area contributed by atoms with E-state index in [4.69, 9.17) is 19.3 Å². The van der Waals surface area contributed by atoms with Crippen molar-refractivity contribution in [3.8, 4) is 0 Å². The number of aliphatic hydroxyl groups is 4. The first-order valence-electron chi connectivity index (χ1n) is 14.8. The van der Waals surface area contributed by atoms with Crippen LogP contribution in [0.4, 0.5) is 0 Å². The van der Waals surface area contributed by atoms with E-state index in [-0.39, 0.29) is 19.0 Å². The van der Waals surface area contributed by atoms with Crippen molar-refractivity contribution in [1.82, 2.24) is 0 Å². The largest absolute Gasteiger partial charge is 0.499 e. The van der Waals surface area contributed by atoms with E-state index in [2.05, 4.69) is 6.92 Å². The number of hydrogen-bond acceptors (Lipinski definition) is 8. The maximum absolute atomic E-state index is 11.4. The summed E-state index contributed by atoms with van der Waals surface area (Å²) in [4.78, 5) is 11.4. The van der Waals surface area contributed by atoms with Gasteiger partial charge in [-0.15, -0.1) is 0 Å². The molecule has 0 aromatic heterocycles. The van der Waals surface area contributed by atoms with E-state index in [1.54, 1.807) is 0 Å². The van der Waals surface area contributed by atoms with Crippen LogP contribution in [-0.2, 0) is 19.0 Å². The minimum absolute atomic E-state index is 0.0645. The van der Waals surface area contributed by atoms with Crippen LogP contribution in [0.25, 0.3) is 0 Å². The zero-order chi connectivity index (χ0) is 27.1. The average Bonchev–Trinajstić information content (AvgIpc) is 3.18. The van der Waals surface area contributed by atoms with Crippen LogP contribution in [0, 0.1) is 0 Å². The van der Waals surface area contributed by atoms with Gasteiger partial charge in [0.25, 0.3) is 0 Å². The van der Waals surface area contributed by atoms with Crippen LogP contribution in [0.3, 0.4) is 0 Å². The molecule has 0 aromatic rings. The van der Waals surface area contributed by atoms with Gasteiger partial charge < -0.3 is 34.6 Å². The number of aliphatic hydroxyl groups excluding tert-OH is 4. The monoisotopic (exact) mass is 530 g/mol. The van der Waals surface area contributed by atoms with Crippen LogP contribution in [0.15, 0.2) is 11.5 Å². The van der Waals surface area contributed by atoms with Crippen molar-refractivity contribution >= 4 is 5.97 Å². The van der Waals surface area contributed by atoms with E-state index in [0.717, 1.165) is 12.8 Å². The molecule has 1 rings (SSSR count). The molecule has 0 aromatic carbocycles. The van der Waals surface area contributed by atoms with Crippen LogP contribution < -0.4 is 0 Å². The number of esters is 1. The topological polar surface area (TPSA) is 126 Å². The SMILES string of the molecule is CCCCCCCCCCCCCCCCCCCCOCC(O)COC1=C(O)C(=O)O[C@@H]1[C@@H](O)CO. The van der Waals surface area contributed by atoms with Crippen LogP contribution in [0.2, 0.25) is 0 Å². The molecule has 0 saturated heterocycles. The molecule has 218 valence electrons. The lowest BCUT2D eigenvalue weighted by atomic mass is 10.0. The summed E-state index contributed by atoms with van der Waals surface area (Å²) in [5, 5.41) is 38.4. The van der Waals surface area contributed by atoms with Gasteiger partial charge in [-0.2, -0.15) is 0 Å². The normalized spacial score (nSPS) is 17.3. The highest BCUT2D eigenvalue weighted by molar-refractivity contribution is 5.89. The fourth-order valence-corrected chi connectivity index (χ4v) is 4.52. The molecule has 1 aliphatic heterocycles. The number of hydrogen-bond donors (Lipinski definition) is 4. The summed E-state index contributed by atoms with van der Waals surface area (Å²) in [6, 6.07) is 0. The second-order valence-electron chi connectivity index (χ2n) is 10.3. The molecule has 0 radical (unpaired) electrons. The Morgan fingerprint density at radius 1 is 0.757 bits per heavy atom. The zero-order valence-corrected chi connectivity index (χ0v) is 23.2. The molecule has 0 amide bonds. The summed E-state index contributed by atoms with van der Waals surface area (Å²) in [7, 11) is 0. The second-order valence-corrected chi connectivity index (χ2v) is 10.3. The number of carbonyl (C=O) groups is 1. The van der Waals surface area contributed by atoms with E-state index in [0.29, 0.717) is 6.61 Å². The molecule has 37 heavy (non-hydrogen) atoms. The first-order chi connectivity index (χ1) is 18.0. The van der Waals surface area contributed by atoms with E-state index in [9.17, 15) is 20.1 Å². The molecular formula is C29H54O8. The number of ether oxygens (including phenoxy) is 3. The summed E-state index contributed by atoms with van der Waals surface area (Å²) in [5.74, 6) is -2.08. The Hall–Kier alpha value is -1.35. The summed E-state index contributed by atoms with van der Waals surface area (Å²) in [6.45, 7) is 1.99. The van der Waals surface area contributed by atoms with Gasteiger partial charge in [-0.25, -0.2) is 4.79 Å². The van der Waals surface area contributed by atoms with Crippen molar-refractivity contribution < 1.29 is 39.4 Å². The molecule has 1 heterocycles. The van der Waals surface area contributed by atoms with Crippen molar-refractivity contribution in [2.24, 2.45) is 0 Å². The molecule has 0 spiro atoms. The van der Waals surface area contributed by atoms with Gasteiger partial charge in [0.1, 0.15) is 18.8 Å². The quantitative estimate of drug-likeness (QED) is 0.0857.